The zero-order valence-corrected chi connectivity index (χ0v) is 8.40. The standard InChI is InChI=1S/C9H16O5.2Li.2H/c1-6(2)3-4-14-7(9(12)13)5-8(10)11;;;;/h6-7H,3-5H2,1-2H3,(H,10,11)(H,12,13);;;;. The van der Waals surface area contributed by atoms with Crippen molar-refractivity contribution >= 4 is 49.7 Å². The molecule has 0 spiro atoms. The fourth-order valence-corrected chi connectivity index (χ4v) is 0.822. The fourth-order valence-electron chi connectivity index (χ4n) is 0.822. The zero-order chi connectivity index (χ0) is 11.1. The van der Waals surface area contributed by atoms with Crippen molar-refractivity contribution in [3.8, 4) is 0 Å². The summed E-state index contributed by atoms with van der Waals surface area (Å²) < 4.78 is 4.94. The van der Waals surface area contributed by atoms with Crippen molar-refractivity contribution in [2.24, 2.45) is 5.92 Å². The topological polar surface area (TPSA) is 83.8 Å². The predicted octanol–water partition coefficient (Wildman–Crippen LogP) is -0.320. The van der Waals surface area contributed by atoms with Crippen LogP contribution in [0.1, 0.15) is 26.7 Å². The van der Waals surface area contributed by atoms with Crippen LogP contribution < -0.4 is 0 Å². The van der Waals surface area contributed by atoms with Gasteiger partial charge in [-0.3, -0.25) is 4.79 Å². The molecular formula is C9H18Li2O5. The van der Waals surface area contributed by atoms with Gasteiger partial charge in [-0.25, -0.2) is 4.79 Å². The minimum absolute atomic E-state index is 0. The first-order valence-corrected chi connectivity index (χ1v) is 4.49. The van der Waals surface area contributed by atoms with E-state index in [-0.39, 0.29) is 44.3 Å². The molecule has 0 amide bonds. The molecule has 0 aromatic heterocycles. The van der Waals surface area contributed by atoms with E-state index in [2.05, 4.69) is 0 Å². The summed E-state index contributed by atoms with van der Waals surface area (Å²) in [6.45, 7) is 4.24. The van der Waals surface area contributed by atoms with Crippen molar-refractivity contribution in [1.82, 2.24) is 0 Å². The van der Waals surface area contributed by atoms with Crippen molar-refractivity contribution in [3.05, 3.63) is 0 Å². The molecule has 0 heterocycles. The Bertz CT molecular complexity index is 208. The monoisotopic (exact) mass is 220 g/mol. The molecule has 2 N–H and O–H groups in total. The van der Waals surface area contributed by atoms with Crippen molar-refractivity contribution < 1.29 is 24.5 Å². The maximum atomic E-state index is 10.5. The molecule has 0 rings (SSSR count). The van der Waals surface area contributed by atoms with Crippen LogP contribution in [0.4, 0.5) is 0 Å². The molecule has 0 saturated heterocycles. The summed E-state index contributed by atoms with van der Waals surface area (Å²) in [5, 5.41) is 17.0. The van der Waals surface area contributed by atoms with E-state index in [0.29, 0.717) is 5.92 Å². The molecule has 7 heteroatoms. The van der Waals surface area contributed by atoms with Gasteiger partial charge in [-0.15, -0.1) is 0 Å². The van der Waals surface area contributed by atoms with Crippen LogP contribution in [-0.2, 0) is 14.3 Å². The van der Waals surface area contributed by atoms with E-state index in [1.54, 1.807) is 0 Å². The Labute approximate surface area is 119 Å². The van der Waals surface area contributed by atoms with Crippen LogP contribution in [0.15, 0.2) is 0 Å². The Kier molecular flexibility index (Phi) is 15.5. The van der Waals surface area contributed by atoms with Gasteiger partial charge >= 0.3 is 49.7 Å². The van der Waals surface area contributed by atoms with E-state index in [1.165, 1.54) is 0 Å². The van der Waals surface area contributed by atoms with Crippen LogP contribution in [-0.4, -0.2) is 72.6 Å². The Hall–Kier alpha value is 0.0948. The molecule has 0 radical (unpaired) electrons. The average Bonchev–Trinajstić information content (AvgIpc) is 2.00. The third-order valence-electron chi connectivity index (χ3n) is 1.65. The van der Waals surface area contributed by atoms with Crippen LogP contribution in [0.5, 0.6) is 0 Å². The Morgan fingerprint density at radius 2 is 1.69 bits per heavy atom. The third-order valence-corrected chi connectivity index (χ3v) is 1.65. The number of carbonyl (C=O) groups is 2. The molecule has 0 aliphatic carbocycles. The molecular weight excluding hydrogens is 202 g/mol. The summed E-state index contributed by atoms with van der Waals surface area (Å²) in [4.78, 5) is 20.8. The molecule has 5 nitrogen and oxygen atoms in total. The Morgan fingerprint density at radius 1 is 1.19 bits per heavy atom. The molecule has 0 aliphatic rings. The van der Waals surface area contributed by atoms with E-state index < -0.39 is 24.5 Å². The van der Waals surface area contributed by atoms with Crippen LogP contribution in [0.25, 0.3) is 0 Å². The van der Waals surface area contributed by atoms with Gasteiger partial charge < -0.3 is 14.9 Å². The summed E-state index contributed by atoms with van der Waals surface area (Å²) >= 11 is 0. The molecule has 16 heavy (non-hydrogen) atoms. The first-order valence-electron chi connectivity index (χ1n) is 4.49. The number of hydrogen-bond acceptors (Lipinski definition) is 3. The number of aliphatic carboxylic acids is 2. The van der Waals surface area contributed by atoms with Crippen LogP contribution in [0, 0.1) is 5.92 Å². The number of carboxylic acids is 2. The molecule has 0 saturated carbocycles. The van der Waals surface area contributed by atoms with Gasteiger partial charge in [0.15, 0.2) is 6.10 Å². The van der Waals surface area contributed by atoms with E-state index >= 15 is 0 Å². The first-order chi connectivity index (χ1) is 6.43. The molecule has 1 unspecified atom stereocenters. The van der Waals surface area contributed by atoms with Gasteiger partial charge in [-0.1, -0.05) is 13.8 Å². The van der Waals surface area contributed by atoms with E-state index in [9.17, 15) is 9.59 Å². The number of rotatable bonds is 7. The second-order valence-corrected chi connectivity index (χ2v) is 3.48. The average molecular weight is 220 g/mol. The van der Waals surface area contributed by atoms with Crippen molar-refractivity contribution in [2.75, 3.05) is 6.61 Å². The van der Waals surface area contributed by atoms with Crippen LogP contribution in [0.3, 0.4) is 0 Å². The van der Waals surface area contributed by atoms with E-state index in [1.807, 2.05) is 13.8 Å². The third kappa shape index (κ3) is 12.2. The second-order valence-electron chi connectivity index (χ2n) is 3.48. The summed E-state index contributed by atoms with van der Waals surface area (Å²) in [7, 11) is 0. The van der Waals surface area contributed by atoms with Crippen molar-refractivity contribution in [3.63, 3.8) is 0 Å². The summed E-state index contributed by atoms with van der Waals surface area (Å²) in [5.74, 6) is -1.98. The second kappa shape index (κ2) is 11.6. The fraction of sp³-hybridized carbons (Fsp3) is 0.778. The summed E-state index contributed by atoms with van der Waals surface area (Å²) in [5.41, 5.74) is 0. The number of ether oxygens (including phenoxy) is 1. The molecule has 1 atom stereocenters. The predicted molar refractivity (Wildman–Crippen MR) is 63.4 cm³/mol. The number of hydrogen-bond donors (Lipinski definition) is 2. The molecule has 86 valence electrons. The summed E-state index contributed by atoms with van der Waals surface area (Å²) in [6, 6.07) is 0. The van der Waals surface area contributed by atoms with Gasteiger partial charge in [0.25, 0.3) is 0 Å². The molecule has 0 aromatic carbocycles. The van der Waals surface area contributed by atoms with Crippen molar-refractivity contribution in [1.29, 1.82) is 0 Å². The normalized spacial score (nSPS) is 11.2. The van der Waals surface area contributed by atoms with Gasteiger partial charge in [0.05, 0.1) is 6.42 Å². The maximum absolute atomic E-state index is 10.5. The van der Waals surface area contributed by atoms with E-state index in [4.69, 9.17) is 14.9 Å². The molecule has 0 aromatic rings. The Morgan fingerprint density at radius 3 is 2.00 bits per heavy atom. The van der Waals surface area contributed by atoms with Gasteiger partial charge in [0.2, 0.25) is 0 Å². The number of carboxylic acid groups (broad SMARTS) is 2. The SMILES string of the molecule is CC(C)CCOC(CC(=O)O)C(=O)O.[LiH].[LiH]. The van der Waals surface area contributed by atoms with E-state index in [0.717, 1.165) is 6.42 Å². The van der Waals surface area contributed by atoms with Gasteiger partial charge in [0.1, 0.15) is 0 Å². The minimum atomic E-state index is -1.23. The van der Waals surface area contributed by atoms with Gasteiger partial charge in [-0.05, 0) is 12.3 Å². The first kappa shape index (κ1) is 21.4. The summed E-state index contributed by atoms with van der Waals surface area (Å²) in [6.07, 6.45) is -0.997. The van der Waals surface area contributed by atoms with Crippen LogP contribution >= 0.6 is 0 Å². The van der Waals surface area contributed by atoms with Crippen molar-refractivity contribution in [2.45, 2.75) is 32.8 Å². The Balaban J connectivity index is -0.000000845. The molecule has 0 fully saturated rings. The molecule has 0 aliphatic heterocycles. The quantitative estimate of drug-likeness (QED) is 0.574. The molecule has 0 bridgehead atoms. The van der Waals surface area contributed by atoms with Crippen LogP contribution in [0.2, 0.25) is 0 Å². The van der Waals surface area contributed by atoms with Gasteiger partial charge in [0, 0.05) is 6.61 Å². The van der Waals surface area contributed by atoms with Gasteiger partial charge in [-0.2, -0.15) is 0 Å². The zero-order valence-electron chi connectivity index (χ0n) is 8.40.